The maximum absolute atomic E-state index is 11.4. The molecule has 0 aliphatic rings. The summed E-state index contributed by atoms with van der Waals surface area (Å²) < 4.78 is 0. The van der Waals surface area contributed by atoms with Gasteiger partial charge in [0, 0.05) is 18.7 Å². The molecule has 1 amide bonds. The van der Waals surface area contributed by atoms with Crippen molar-refractivity contribution in [3.05, 3.63) is 53.1 Å². The first kappa shape index (κ1) is 15.2. The molecule has 0 spiro atoms. The number of hydrogen-bond acceptors (Lipinski definition) is 3. The normalized spacial score (nSPS) is 10.2. The first-order chi connectivity index (χ1) is 10.1. The standard InChI is InChI=1S/C16H17ClN2O2/c1-2-16(21)19-12-6-7-14(17)15(9-12)18-10-11-4-3-5-13(20)8-11/h3-9,18,20H,2,10H2,1H3,(H,19,21). The van der Waals surface area contributed by atoms with Crippen LogP contribution in [0.4, 0.5) is 11.4 Å². The van der Waals surface area contributed by atoms with Gasteiger partial charge in [-0.05, 0) is 35.9 Å². The van der Waals surface area contributed by atoms with E-state index in [4.69, 9.17) is 11.6 Å². The first-order valence-corrected chi connectivity index (χ1v) is 7.07. The van der Waals surface area contributed by atoms with Gasteiger partial charge in [-0.15, -0.1) is 0 Å². The van der Waals surface area contributed by atoms with Gasteiger partial charge in [-0.25, -0.2) is 0 Å². The Morgan fingerprint density at radius 2 is 2.05 bits per heavy atom. The molecule has 2 aromatic carbocycles. The predicted molar refractivity (Wildman–Crippen MR) is 85.8 cm³/mol. The van der Waals surface area contributed by atoms with Crippen molar-refractivity contribution in [1.82, 2.24) is 0 Å². The number of carbonyl (C=O) groups is 1. The Hall–Kier alpha value is -2.20. The molecule has 0 aliphatic heterocycles. The molecule has 0 radical (unpaired) electrons. The fourth-order valence-corrected chi connectivity index (χ4v) is 2.04. The molecule has 2 aromatic rings. The number of aromatic hydroxyl groups is 1. The van der Waals surface area contributed by atoms with Crippen molar-refractivity contribution < 1.29 is 9.90 Å². The third kappa shape index (κ3) is 4.39. The Bertz CT molecular complexity index is 644. The fourth-order valence-electron chi connectivity index (χ4n) is 1.85. The van der Waals surface area contributed by atoms with Crippen LogP contribution in [-0.4, -0.2) is 11.0 Å². The van der Waals surface area contributed by atoms with Gasteiger partial charge in [0.25, 0.3) is 0 Å². The van der Waals surface area contributed by atoms with Crippen LogP contribution >= 0.6 is 11.6 Å². The van der Waals surface area contributed by atoms with Crippen molar-refractivity contribution in [2.24, 2.45) is 0 Å². The molecule has 0 atom stereocenters. The van der Waals surface area contributed by atoms with E-state index in [1.807, 2.05) is 6.07 Å². The molecule has 0 unspecified atom stereocenters. The average Bonchev–Trinajstić information content (AvgIpc) is 2.47. The highest BCUT2D eigenvalue weighted by Crippen LogP contribution is 2.26. The van der Waals surface area contributed by atoms with Gasteiger partial charge in [0.05, 0.1) is 10.7 Å². The number of phenols is 1. The van der Waals surface area contributed by atoms with Crippen molar-refractivity contribution in [2.45, 2.75) is 19.9 Å². The zero-order valence-corrected chi connectivity index (χ0v) is 12.4. The molecule has 5 heteroatoms. The first-order valence-electron chi connectivity index (χ1n) is 6.69. The van der Waals surface area contributed by atoms with Gasteiger partial charge in [-0.2, -0.15) is 0 Å². The van der Waals surface area contributed by atoms with Crippen LogP contribution in [0, 0.1) is 0 Å². The summed E-state index contributed by atoms with van der Waals surface area (Å²) in [7, 11) is 0. The number of carbonyl (C=O) groups excluding carboxylic acids is 1. The van der Waals surface area contributed by atoms with Crippen molar-refractivity contribution in [3.8, 4) is 5.75 Å². The molecule has 2 rings (SSSR count). The van der Waals surface area contributed by atoms with E-state index in [0.717, 1.165) is 11.3 Å². The van der Waals surface area contributed by atoms with Crippen LogP contribution in [0.5, 0.6) is 5.75 Å². The number of benzene rings is 2. The van der Waals surface area contributed by atoms with Crippen molar-refractivity contribution >= 4 is 28.9 Å². The predicted octanol–water partition coefficient (Wildman–Crippen LogP) is 4.01. The van der Waals surface area contributed by atoms with E-state index in [1.165, 1.54) is 0 Å². The minimum Gasteiger partial charge on any atom is -0.508 e. The average molecular weight is 305 g/mol. The summed E-state index contributed by atoms with van der Waals surface area (Å²) >= 11 is 6.14. The molecule has 0 bridgehead atoms. The van der Waals surface area contributed by atoms with Crippen molar-refractivity contribution in [3.63, 3.8) is 0 Å². The summed E-state index contributed by atoms with van der Waals surface area (Å²) in [6.07, 6.45) is 0.425. The molecule has 3 N–H and O–H groups in total. The quantitative estimate of drug-likeness (QED) is 0.782. The molecule has 0 saturated heterocycles. The number of rotatable bonds is 5. The van der Waals surface area contributed by atoms with Crippen LogP contribution < -0.4 is 10.6 Å². The maximum atomic E-state index is 11.4. The lowest BCUT2D eigenvalue weighted by Crippen LogP contribution is -2.09. The maximum Gasteiger partial charge on any atom is 0.224 e. The molecule has 0 heterocycles. The molecule has 21 heavy (non-hydrogen) atoms. The van der Waals surface area contributed by atoms with Gasteiger partial charge < -0.3 is 15.7 Å². The van der Waals surface area contributed by atoms with Crippen LogP contribution in [0.2, 0.25) is 5.02 Å². The van der Waals surface area contributed by atoms with Crippen molar-refractivity contribution in [2.75, 3.05) is 10.6 Å². The van der Waals surface area contributed by atoms with Gasteiger partial charge in [0.2, 0.25) is 5.91 Å². The summed E-state index contributed by atoms with van der Waals surface area (Å²) in [6.45, 7) is 2.32. The van der Waals surface area contributed by atoms with Gasteiger partial charge >= 0.3 is 0 Å². The molecular weight excluding hydrogens is 288 g/mol. The molecular formula is C16H17ClN2O2. The lowest BCUT2D eigenvalue weighted by molar-refractivity contribution is -0.115. The fraction of sp³-hybridized carbons (Fsp3) is 0.188. The zero-order valence-electron chi connectivity index (χ0n) is 11.7. The molecule has 0 fully saturated rings. The topological polar surface area (TPSA) is 61.4 Å². The van der Waals surface area contributed by atoms with Crippen LogP contribution in [0.15, 0.2) is 42.5 Å². The van der Waals surface area contributed by atoms with E-state index in [0.29, 0.717) is 23.7 Å². The van der Waals surface area contributed by atoms with Crippen LogP contribution in [0.1, 0.15) is 18.9 Å². The van der Waals surface area contributed by atoms with Gasteiger partial charge in [0.15, 0.2) is 0 Å². The second-order valence-electron chi connectivity index (χ2n) is 4.62. The molecule has 110 valence electrons. The second kappa shape index (κ2) is 6.99. The summed E-state index contributed by atoms with van der Waals surface area (Å²) in [5, 5.41) is 16.0. The summed E-state index contributed by atoms with van der Waals surface area (Å²) in [5.41, 5.74) is 2.37. The molecule has 0 aromatic heterocycles. The number of hydrogen-bond donors (Lipinski definition) is 3. The summed E-state index contributed by atoms with van der Waals surface area (Å²) in [4.78, 5) is 11.4. The smallest absolute Gasteiger partial charge is 0.224 e. The largest absolute Gasteiger partial charge is 0.508 e. The lowest BCUT2D eigenvalue weighted by Gasteiger charge is -2.11. The minimum atomic E-state index is -0.0451. The van der Waals surface area contributed by atoms with E-state index < -0.39 is 0 Å². The van der Waals surface area contributed by atoms with Gasteiger partial charge in [-0.3, -0.25) is 4.79 Å². The number of anilines is 2. The number of nitrogens with one attached hydrogen (secondary N) is 2. The number of phenolic OH excluding ortho intramolecular Hbond substituents is 1. The van der Waals surface area contributed by atoms with E-state index >= 15 is 0 Å². The zero-order chi connectivity index (χ0) is 15.2. The Morgan fingerprint density at radius 3 is 2.76 bits per heavy atom. The molecule has 4 nitrogen and oxygen atoms in total. The Kier molecular flexibility index (Phi) is 5.06. The van der Waals surface area contributed by atoms with Crippen LogP contribution in [0.25, 0.3) is 0 Å². The van der Waals surface area contributed by atoms with E-state index in [1.54, 1.807) is 43.3 Å². The highest BCUT2D eigenvalue weighted by atomic mass is 35.5. The molecule has 0 aliphatic carbocycles. The van der Waals surface area contributed by atoms with Crippen LogP contribution in [0.3, 0.4) is 0 Å². The van der Waals surface area contributed by atoms with E-state index in [9.17, 15) is 9.90 Å². The highest BCUT2D eigenvalue weighted by molar-refractivity contribution is 6.33. The van der Waals surface area contributed by atoms with E-state index in [2.05, 4.69) is 10.6 Å². The van der Waals surface area contributed by atoms with Gasteiger partial charge in [-0.1, -0.05) is 30.7 Å². The molecule has 0 saturated carbocycles. The number of halogens is 1. The third-order valence-electron chi connectivity index (χ3n) is 2.96. The monoisotopic (exact) mass is 304 g/mol. The summed E-state index contributed by atoms with van der Waals surface area (Å²) in [5.74, 6) is 0.181. The Morgan fingerprint density at radius 1 is 1.24 bits per heavy atom. The third-order valence-corrected chi connectivity index (χ3v) is 3.29. The van der Waals surface area contributed by atoms with Gasteiger partial charge in [0.1, 0.15) is 5.75 Å². The Balaban J connectivity index is 2.08. The highest BCUT2D eigenvalue weighted by Gasteiger charge is 2.04. The summed E-state index contributed by atoms with van der Waals surface area (Å²) in [6, 6.07) is 12.3. The second-order valence-corrected chi connectivity index (χ2v) is 5.03. The lowest BCUT2D eigenvalue weighted by atomic mass is 10.2. The van der Waals surface area contributed by atoms with E-state index in [-0.39, 0.29) is 11.7 Å². The van der Waals surface area contributed by atoms with Crippen LogP contribution in [-0.2, 0) is 11.3 Å². The Labute approximate surface area is 128 Å². The van der Waals surface area contributed by atoms with Crippen molar-refractivity contribution in [1.29, 1.82) is 0 Å². The minimum absolute atomic E-state index is 0.0451. The number of amides is 1. The SMILES string of the molecule is CCC(=O)Nc1ccc(Cl)c(NCc2cccc(O)c2)c1.